The molecule has 4 rings (SSSR count). The average Bonchev–Trinajstić information content (AvgIpc) is 3.05. The van der Waals surface area contributed by atoms with Crippen LogP contribution in [0, 0.1) is 39.9 Å². The van der Waals surface area contributed by atoms with Crippen LogP contribution in [0.15, 0.2) is 22.8 Å². The number of hydrogen-bond donors (Lipinski definition) is 3. The fourth-order valence-electron chi connectivity index (χ4n) is 9.79. The molecule has 0 aromatic carbocycles. The van der Waals surface area contributed by atoms with Gasteiger partial charge >= 0.3 is 11.9 Å². The summed E-state index contributed by atoms with van der Waals surface area (Å²) in [4.78, 5) is 24.8. The van der Waals surface area contributed by atoms with E-state index in [-0.39, 0.29) is 40.1 Å². The number of aliphatic carboxylic acids is 1. The summed E-state index contributed by atoms with van der Waals surface area (Å²) in [5, 5.41) is 32.9. The molecule has 208 valence electrons. The fraction of sp³-hybridized carbons (Fsp3) is 0.806. The topological polar surface area (TPSA) is 104 Å². The van der Waals surface area contributed by atoms with Gasteiger partial charge in [-0.2, -0.15) is 0 Å². The van der Waals surface area contributed by atoms with Crippen molar-refractivity contribution in [1.29, 1.82) is 0 Å². The number of aliphatic hydroxyl groups is 2. The van der Waals surface area contributed by atoms with Gasteiger partial charge in [-0.25, -0.2) is 4.79 Å². The Bertz CT molecular complexity index is 994. The van der Waals surface area contributed by atoms with Crippen molar-refractivity contribution in [3.63, 3.8) is 0 Å². The minimum absolute atomic E-state index is 0.0474. The average molecular weight is 517 g/mol. The van der Waals surface area contributed by atoms with Crippen molar-refractivity contribution in [2.45, 2.75) is 118 Å². The van der Waals surface area contributed by atoms with E-state index in [0.717, 1.165) is 36.8 Å². The van der Waals surface area contributed by atoms with E-state index in [1.54, 1.807) is 0 Å². The van der Waals surface area contributed by atoms with E-state index in [0.29, 0.717) is 37.2 Å². The Balaban J connectivity index is 1.82. The Morgan fingerprint density at radius 2 is 1.70 bits per heavy atom. The molecule has 0 saturated heterocycles. The zero-order valence-corrected chi connectivity index (χ0v) is 23.8. The van der Waals surface area contributed by atoms with Crippen LogP contribution in [0.3, 0.4) is 0 Å². The van der Waals surface area contributed by atoms with E-state index < -0.39 is 24.1 Å². The number of carbonyl (C=O) groups excluding carboxylic acids is 1. The predicted octanol–water partition coefficient (Wildman–Crippen LogP) is 5.67. The number of allylic oxidation sites excluding steroid dienone is 2. The van der Waals surface area contributed by atoms with Crippen molar-refractivity contribution in [2.75, 3.05) is 0 Å². The first-order valence-electron chi connectivity index (χ1n) is 14.3. The Kier molecular flexibility index (Phi) is 7.53. The Morgan fingerprint density at radius 3 is 2.30 bits per heavy atom. The highest BCUT2D eigenvalue weighted by Gasteiger charge is 2.70. The molecule has 4 aliphatic rings. The number of fused-ring (bicyclic) bond motifs is 5. The summed E-state index contributed by atoms with van der Waals surface area (Å²) in [5.74, 6) is -0.909. The van der Waals surface area contributed by atoms with Crippen LogP contribution in [0.2, 0.25) is 0 Å². The largest absolute Gasteiger partial charge is 0.478 e. The second kappa shape index (κ2) is 9.82. The molecule has 3 N–H and O–H groups in total. The van der Waals surface area contributed by atoms with Crippen molar-refractivity contribution in [3.05, 3.63) is 22.8 Å². The first-order valence-corrected chi connectivity index (χ1v) is 14.3. The van der Waals surface area contributed by atoms with E-state index in [1.807, 2.05) is 19.9 Å². The van der Waals surface area contributed by atoms with Crippen molar-refractivity contribution in [1.82, 2.24) is 0 Å². The molecule has 0 heterocycles. The van der Waals surface area contributed by atoms with Gasteiger partial charge in [0.05, 0.1) is 12.2 Å². The lowest BCUT2D eigenvalue weighted by molar-refractivity contribution is -0.234. The van der Waals surface area contributed by atoms with Gasteiger partial charge in [0, 0.05) is 12.5 Å². The van der Waals surface area contributed by atoms with Gasteiger partial charge in [-0.3, -0.25) is 4.79 Å². The Hall–Kier alpha value is -1.66. The summed E-state index contributed by atoms with van der Waals surface area (Å²) < 4.78 is 5.87. The van der Waals surface area contributed by atoms with Crippen LogP contribution in [0.1, 0.15) is 99.8 Å². The summed E-state index contributed by atoms with van der Waals surface area (Å²) in [6.07, 6.45) is 6.22. The Morgan fingerprint density at radius 1 is 1.03 bits per heavy atom. The van der Waals surface area contributed by atoms with Gasteiger partial charge in [0.25, 0.3) is 0 Å². The maximum atomic E-state index is 12.6. The molecule has 0 aromatic rings. The highest BCUT2D eigenvalue weighted by atomic mass is 16.5. The van der Waals surface area contributed by atoms with Crippen LogP contribution < -0.4 is 0 Å². The second-order valence-corrected chi connectivity index (χ2v) is 13.6. The summed E-state index contributed by atoms with van der Waals surface area (Å²) in [7, 11) is 0. The van der Waals surface area contributed by atoms with Gasteiger partial charge in [-0.1, -0.05) is 39.3 Å². The number of aliphatic hydroxyl groups excluding tert-OH is 2. The van der Waals surface area contributed by atoms with Crippen LogP contribution in [-0.4, -0.2) is 45.6 Å². The van der Waals surface area contributed by atoms with Crippen molar-refractivity contribution < 1.29 is 29.6 Å². The molecular formula is C31H48O6. The maximum Gasteiger partial charge on any atom is 0.331 e. The smallest absolute Gasteiger partial charge is 0.331 e. The highest BCUT2D eigenvalue weighted by molar-refractivity contribution is 5.88. The number of esters is 1. The molecule has 4 aliphatic carbocycles. The number of carboxylic acid groups (broad SMARTS) is 1. The SMILES string of the molecule is CC(=O)O[C@H]1C[C@@]2(C)[C@@H](C[C@@H](O)[C@@H]3[C@]4(C)CC[C@@H](O)[C@@H](C)[C@@H]4CC[C@@]32C)/C1=C(\CCC=C(C)C)C(=O)O. The second-order valence-electron chi connectivity index (χ2n) is 13.6. The molecule has 6 heteroatoms. The predicted molar refractivity (Wildman–Crippen MR) is 143 cm³/mol. The third-order valence-corrected chi connectivity index (χ3v) is 11.6. The summed E-state index contributed by atoms with van der Waals surface area (Å²) in [6, 6.07) is 0. The van der Waals surface area contributed by atoms with E-state index in [4.69, 9.17) is 4.74 Å². The summed E-state index contributed by atoms with van der Waals surface area (Å²) in [6.45, 7) is 14.5. The third-order valence-electron chi connectivity index (χ3n) is 11.6. The van der Waals surface area contributed by atoms with E-state index >= 15 is 0 Å². The first-order chi connectivity index (χ1) is 17.2. The maximum absolute atomic E-state index is 12.6. The molecule has 0 unspecified atom stereocenters. The zero-order valence-electron chi connectivity index (χ0n) is 23.8. The molecular weight excluding hydrogens is 468 g/mol. The third kappa shape index (κ3) is 4.40. The van der Waals surface area contributed by atoms with Crippen LogP contribution in [-0.2, 0) is 14.3 Å². The molecule has 0 radical (unpaired) electrons. The fourth-order valence-corrected chi connectivity index (χ4v) is 9.79. The zero-order chi connectivity index (χ0) is 27.5. The number of carbonyl (C=O) groups is 2. The molecule has 0 bridgehead atoms. The summed E-state index contributed by atoms with van der Waals surface area (Å²) >= 11 is 0. The van der Waals surface area contributed by atoms with Gasteiger partial charge in [-0.05, 0) is 111 Å². The standard InChI is InChI=1S/C31H48O6/c1-17(2)9-8-10-20(28(35)36)26-22-15-24(34)27-29(5)13-12-23(33)18(3)21(29)11-14-30(27,6)31(22,7)16-25(26)37-19(4)32/h9,18,21-25,27,33-34H,8,10-16H2,1-7H3,(H,35,36)/b26-20-/t18-,21-,22-,23+,24+,25-,27+,29+,30-,31-/m0/s1. The van der Waals surface area contributed by atoms with E-state index in [1.165, 1.54) is 6.92 Å². The van der Waals surface area contributed by atoms with E-state index in [9.17, 15) is 24.9 Å². The molecule has 10 atom stereocenters. The van der Waals surface area contributed by atoms with Gasteiger partial charge in [0.2, 0.25) is 0 Å². The normalized spacial score (nSPS) is 46.2. The monoisotopic (exact) mass is 516 g/mol. The lowest BCUT2D eigenvalue weighted by Gasteiger charge is -2.69. The van der Waals surface area contributed by atoms with Crippen molar-refractivity contribution in [2.24, 2.45) is 39.9 Å². The highest BCUT2D eigenvalue weighted by Crippen LogP contribution is 2.74. The molecule has 6 nitrogen and oxygen atoms in total. The van der Waals surface area contributed by atoms with Crippen LogP contribution in [0.4, 0.5) is 0 Å². The Labute approximate surface area is 222 Å². The van der Waals surface area contributed by atoms with Gasteiger partial charge in [0.15, 0.2) is 0 Å². The minimum atomic E-state index is -0.953. The summed E-state index contributed by atoms with van der Waals surface area (Å²) in [5.41, 5.74) is 1.57. The van der Waals surface area contributed by atoms with Crippen LogP contribution >= 0.6 is 0 Å². The quantitative estimate of drug-likeness (QED) is 0.247. The van der Waals surface area contributed by atoms with E-state index in [2.05, 4.69) is 27.7 Å². The molecule has 0 amide bonds. The molecule has 37 heavy (non-hydrogen) atoms. The molecule has 4 saturated carbocycles. The van der Waals surface area contributed by atoms with Crippen molar-refractivity contribution >= 4 is 11.9 Å². The molecule has 0 aliphatic heterocycles. The minimum Gasteiger partial charge on any atom is -0.478 e. The number of ether oxygens (including phenoxy) is 1. The first kappa shape index (κ1) is 28.4. The molecule has 0 aromatic heterocycles. The van der Waals surface area contributed by atoms with Crippen molar-refractivity contribution in [3.8, 4) is 0 Å². The molecule has 0 spiro atoms. The lowest BCUT2D eigenvalue weighted by Crippen LogP contribution is -2.65. The van der Waals surface area contributed by atoms with Gasteiger partial charge < -0.3 is 20.1 Å². The van der Waals surface area contributed by atoms with Gasteiger partial charge in [0.1, 0.15) is 6.10 Å². The molecule has 4 fully saturated rings. The lowest BCUT2D eigenvalue weighted by atomic mass is 9.36. The number of hydrogen-bond acceptors (Lipinski definition) is 5. The number of rotatable bonds is 5. The number of carboxylic acids is 1. The van der Waals surface area contributed by atoms with Crippen LogP contribution in [0.5, 0.6) is 0 Å². The van der Waals surface area contributed by atoms with Crippen LogP contribution in [0.25, 0.3) is 0 Å². The van der Waals surface area contributed by atoms with Gasteiger partial charge in [-0.15, -0.1) is 0 Å².